The van der Waals surface area contributed by atoms with E-state index in [-0.39, 0.29) is 12.0 Å². The van der Waals surface area contributed by atoms with Crippen LogP contribution in [0.1, 0.15) is 23.2 Å². The Hall–Kier alpha value is -3.02. The number of piperidine rings is 1. The van der Waals surface area contributed by atoms with E-state index in [1.165, 1.54) is 0 Å². The third-order valence-electron chi connectivity index (χ3n) is 4.73. The van der Waals surface area contributed by atoms with E-state index in [4.69, 9.17) is 4.74 Å². The van der Waals surface area contributed by atoms with Crippen LogP contribution >= 0.6 is 0 Å². The lowest BCUT2D eigenvalue weighted by atomic mass is 10.1. The van der Waals surface area contributed by atoms with Crippen LogP contribution in [0.25, 0.3) is 0 Å². The number of nitrogens with one attached hydrogen (secondary N) is 2. The predicted molar refractivity (Wildman–Crippen MR) is 112 cm³/mol. The molecule has 1 amide bonds. The van der Waals surface area contributed by atoms with Crippen molar-refractivity contribution in [3.05, 3.63) is 66.2 Å². The molecule has 1 saturated heterocycles. The second-order valence-electron chi connectivity index (χ2n) is 6.71. The topological polar surface area (TPSA) is 66.0 Å². The summed E-state index contributed by atoms with van der Waals surface area (Å²) in [6.45, 7) is 2.97. The number of carbonyl (C=O) groups is 1. The molecular weight excluding hydrogens is 352 g/mol. The molecule has 6 heteroatoms. The Morgan fingerprint density at radius 2 is 1.61 bits per heavy atom. The molecule has 2 aromatic carbocycles. The van der Waals surface area contributed by atoms with Gasteiger partial charge in [0, 0.05) is 51.6 Å². The van der Waals surface area contributed by atoms with E-state index in [0.29, 0.717) is 18.7 Å². The van der Waals surface area contributed by atoms with Crippen LogP contribution in [-0.2, 0) is 0 Å². The summed E-state index contributed by atoms with van der Waals surface area (Å²) in [5.74, 6) is 1.74. The molecule has 148 valence electrons. The monoisotopic (exact) mass is 380 g/mol. The largest absolute Gasteiger partial charge is 0.490 e. The van der Waals surface area contributed by atoms with E-state index in [1.807, 2.05) is 60.7 Å². The van der Waals surface area contributed by atoms with E-state index in [2.05, 4.69) is 20.5 Å². The van der Waals surface area contributed by atoms with E-state index in [0.717, 1.165) is 37.6 Å². The third-order valence-corrected chi connectivity index (χ3v) is 4.73. The number of guanidine groups is 1. The van der Waals surface area contributed by atoms with E-state index in [9.17, 15) is 4.79 Å². The molecule has 0 aromatic heterocycles. The number of rotatable bonds is 6. The van der Waals surface area contributed by atoms with Crippen LogP contribution in [0.15, 0.2) is 65.7 Å². The van der Waals surface area contributed by atoms with Crippen LogP contribution in [0.3, 0.4) is 0 Å². The number of aliphatic imine (C=N–C) groups is 1. The van der Waals surface area contributed by atoms with Crippen molar-refractivity contribution >= 4 is 11.9 Å². The van der Waals surface area contributed by atoms with Crippen LogP contribution < -0.4 is 15.4 Å². The summed E-state index contributed by atoms with van der Waals surface area (Å²) in [7, 11) is 1.79. The van der Waals surface area contributed by atoms with Crippen LogP contribution in [0, 0.1) is 0 Å². The highest BCUT2D eigenvalue weighted by atomic mass is 16.5. The van der Waals surface area contributed by atoms with E-state index >= 15 is 0 Å². The lowest BCUT2D eigenvalue weighted by molar-refractivity contribution is 0.0954. The lowest BCUT2D eigenvalue weighted by Gasteiger charge is -2.34. The molecule has 1 fully saturated rings. The van der Waals surface area contributed by atoms with Gasteiger partial charge in [-0.15, -0.1) is 0 Å². The first kappa shape index (κ1) is 19.7. The van der Waals surface area contributed by atoms with Crippen molar-refractivity contribution in [1.82, 2.24) is 15.5 Å². The summed E-state index contributed by atoms with van der Waals surface area (Å²) in [4.78, 5) is 18.7. The summed E-state index contributed by atoms with van der Waals surface area (Å²) in [5.41, 5.74) is 0.673. The van der Waals surface area contributed by atoms with Crippen molar-refractivity contribution in [1.29, 1.82) is 0 Å². The van der Waals surface area contributed by atoms with Gasteiger partial charge in [-0.25, -0.2) is 0 Å². The molecule has 3 rings (SSSR count). The SMILES string of the molecule is CN=C(NCCNC(=O)c1ccccc1)N1CCC(Oc2ccccc2)CC1. The summed E-state index contributed by atoms with van der Waals surface area (Å²) < 4.78 is 6.05. The zero-order valence-electron chi connectivity index (χ0n) is 16.3. The molecule has 0 saturated carbocycles. The number of benzene rings is 2. The lowest BCUT2D eigenvalue weighted by Crippen LogP contribution is -2.48. The van der Waals surface area contributed by atoms with Gasteiger partial charge in [0.2, 0.25) is 0 Å². The zero-order valence-corrected chi connectivity index (χ0v) is 16.3. The molecule has 0 atom stereocenters. The second kappa shape index (κ2) is 10.3. The number of para-hydroxylation sites is 1. The maximum atomic E-state index is 12.1. The van der Waals surface area contributed by atoms with E-state index < -0.39 is 0 Å². The molecule has 0 spiro atoms. The van der Waals surface area contributed by atoms with Gasteiger partial charge in [0.25, 0.3) is 5.91 Å². The van der Waals surface area contributed by atoms with Crippen molar-refractivity contribution in [2.24, 2.45) is 4.99 Å². The highest BCUT2D eigenvalue weighted by Crippen LogP contribution is 2.18. The molecule has 0 aliphatic carbocycles. The second-order valence-corrected chi connectivity index (χ2v) is 6.71. The van der Waals surface area contributed by atoms with Gasteiger partial charge in [-0.1, -0.05) is 36.4 Å². The molecular formula is C22H28N4O2. The van der Waals surface area contributed by atoms with Gasteiger partial charge < -0.3 is 20.3 Å². The summed E-state index contributed by atoms with van der Waals surface area (Å²) >= 11 is 0. The number of likely N-dealkylation sites (tertiary alicyclic amines) is 1. The maximum Gasteiger partial charge on any atom is 0.251 e. The van der Waals surface area contributed by atoms with Crippen molar-refractivity contribution in [3.63, 3.8) is 0 Å². The van der Waals surface area contributed by atoms with Crippen LogP contribution in [0.5, 0.6) is 5.75 Å². The minimum atomic E-state index is -0.0590. The van der Waals surface area contributed by atoms with Crippen molar-refractivity contribution in [2.45, 2.75) is 18.9 Å². The Labute approximate surface area is 166 Å². The van der Waals surface area contributed by atoms with Crippen LogP contribution in [0.2, 0.25) is 0 Å². The number of carbonyl (C=O) groups excluding carboxylic acids is 1. The number of ether oxygens (including phenoxy) is 1. The van der Waals surface area contributed by atoms with Crippen molar-refractivity contribution in [3.8, 4) is 5.75 Å². The normalized spacial score (nSPS) is 15.2. The Kier molecular flexibility index (Phi) is 7.29. The van der Waals surface area contributed by atoms with Crippen molar-refractivity contribution < 1.29 is 9.53 Å². The molecule has 2 N–H and O–H groups in total. The van der Waals surface area contributed by atoms with Gasteiger partial charge in [0.1, 0.15) is 11.9 Å². The molecule has 0 bridgehead atoms. The fourth-order valence-electron chi connectivity index (χ4n) is 3.25. The molecule has 2 aromatic rings. The first-order valence-corrected chi connectivity index (χ1v) is 9.77. The van der Waals surface area contributed by atoms with Gasteiger partial charge in [-0.3, -0.25) is 9.79 Å². The predicted octanol–water partition coefficient (Wildman–Crippen LogP) is 2.54. The average Bonchev–Trinajstić information content (AvgIpc) is 2.76. The molecule has 1 heterocycles. The van der Waals surface area contributed by atoms with Gasteiger partial charge in [-0.2, -0.15) is 0 Å². The van der Waals surface area contributed by atoms with Gasteiger partial charge in [-0.05, 0) is 24.3 Å². The standard InChI is InChI=1S/C22H28N4O2/c1-23-22(25-15-14-24-21(27)18-8-4-2-5-9-18)26-16-12-20(13-17-26)28-19-10-6-3-7-11-19/h2-11,20H,12-17H2,1H3,(H,23,25)(H,24,27). The number of hydrogen-bond acceptors (Lipinski definition) is 3. The molecule has 28 heavy (non-hydrogen) atoms. The maximum absolute atomic E-state index is 12.1. The fraction of sp³-hybridized carbons (Fsp3) is 0.364. The summed E-state index contributed by atoms with van der Waals surface area (Å²) in [6.07, 6.45) is 2.16. The smallest absolute Gasteiger partial charge is 0.251 e. The number of amides is 1. The number of hydrogen-bond donors (Lipinski definition) is 2. The minimum Gasteiger partial charge on any atom is -0.490 e. The molecule has 1 aliphatic rings. The molecule has 6 nitrogen and oxygen atoms in total. The zero-order chi connectivity index (χ0) is 19.6. The Morgan fingerprint density at radius 3 is 2.25 bits per heavy atom. The van der Waals surface area contributed by atoms with Gasteiger partial charge in [0.15, 0.2) is 5.96 Å². The first-order valence-electron chi connectivity index (χ1n) is 9.77. The Bertz CT molecular complexity index is 757. The highest BCUT2D eigenvalue weighted by Gasteiger charge is 2.22. The Balaban J connectivity index is 1.37. The average molecular weight is 380 g/mol. The molecule has 0 unspecified atom stereocenters. The van der Waals surface area contributed by atoms with Crippen molar-refractivity contribution in [2.75, 3.05) is 33.2 Å². The van der Waals surface area contributed by atoms with Crippen LogP contribution in [0.4, 0.5) is 0 Å². The first-order chi connectivity index (χ1) is 13.8. The van der Waals surface area contributed by atoms with Gasteiger partial charge in [0.05, 0.1) is 0 Å². The van der Waals surface area contributed by atoms with Gasteiger partial charge >= 0.3 is 0 Å². The summed E-state index contributed by atoms with van der Waals surface area (Å²) in [5, 5.41) is 6.25. The van der Waals surface area contributed by atoms with E-state index in [1.54, 1.807) is 7.05 Å². The molecule has 0 radical (unpaired) electrons. The fourth-order valence-corrected chi connectivity index (χ4v) is 3.25. The third kappa shape index (κ3) is 5.74. The van der Waals surface area contributed by atoms with Crippen LogP contribution in [-0.4, -0.2) is 56.1 Å². The Morgan fingerprint density at radius 1 is 1.00 bits per heavy atom. The quantitative estimate of drug-likeness (QED) is 0.459. The highest BCUT2D eigenvalue weighted by molar-refractivity contribution is 5.94. The number of nitrogens with zero attached hydrogens (tertiary/aromatic N) is 2. The minimum absolute atomic E-state index is 0.0590. The summed E-state index contributed by atoms with van der Waals surface area (Å²) in [6, 6.07) is 19.2. The molecule has 1 aliphatic heterocycles.